The van der Waals surface area contributed by atoms with Gasteiger partial charge in [0.25, 0.3) is 0 Å². The Kier molecular flexibility index (Phi) is 3.60. The minimum Gasteiger partial charge on any atom is -0.320 e. The topological polar surface area (TPSA) is 68.0 Å². The Morgan fingerprint density at radius 3 is 2.86 bits per heavy atom. The summed E-state index contributed by atoms with van der Waals surface area (Å²) in [7, 11) is 0. The number of nitrogens with two attached hydrogens (primary N) is 1. The Morgan fingerprint density at radius 1 is 1.71 bits per heavy atom. The Labute approximate surface area is 91.0 Å². The van der Waals surface area contributed by atoms with E-state index in [0.29, 0.717) is 5.82 Å². The maximum Gasteiger partial charge on any atom is 0.242 e. The first-order chi connectivity index (χ1) is 6.50. The summed E-state index contributed by atoms with van der Waals surface area (Å²) in [5, 5.41) is 2.61. The van der Waals surface area contributed by atoms with Gasteiger partial charge in [0.15, 0.2) is 0 Å². The number of carbonyl (C=O) groups excluding carboxylic acids is 1. The van der Waals surface area contributed by atoms with Gasteiger partial charge in [-0.25, -0.2) is 4.98 Å². The maximum atomic E-state index is 11.2. The first kappa shape index (κ1) is 11.1. The van der Waals surface area contributed by atoms with Gasteiger partial charge in [0.1, 0.15) is 5.82 Å². The number of hydrogen-bond acceptors (Lipinski definition) is 3. The van der Waals surface area contributed by atoms with E-state index in [2.05, 4.69) is 26.2 Å². The van der Waals surface area contributed by atoms with E-state index in [-0.39, 0.29) is 5.91 Å². The monoisotopic (exact) mass is 257 g/mol. The van der Waals surface area contributed by atoms with Crippen LogP contribution in [0.4, 0.5) is 5.82 Å². The molecule has 0 aliphatic carbocycles. The van der Waals surface area contributed by atoms with Crippen molar-refractivity contribution in [2.24, 2.45) is 5.73 Å². The molecule has 1 aromatic rings. The van der Waals surface area contributed by atoms with Crippen LogP contribution < -0.4 is 11.1 Å². The number of amides is 1. The fraction of sp³-hybridized carbons (Fsp3) is 0.333. The molecule has 1 atom stereocenters. The van der Waals surface area contributed by atoms with Crippen LogP contribution >= 0.6 is 15.9 Å². The predicted molar refractivity (Wildman–Crippen MR) is 59.0 cm³/mol. The third-order valence-electron chi connectivity index (χ3n) is 1.71. The van der Waals surface area contributed by atoms with E-state index in [1.807, 2.05) is 6.92 Å². The van der Waals surface area contributed by atoms with E-state index in [1.54, 1.807) is 19.2 Å². The highest BCUT2D eigenvalue weighted by Crippen LogP contribution is 2.17. The zero-order valence-electron chi connectivity index (χ0n) is 8.04. The van der Waals surface area contributed by atoms with Crippen LogP contribution in [0, 0.1) is 6.92 Å². The summed E-state index contributed by atoms with van der Waals surface area (Å²) in [6, 6.07) is 1.26. The number of nitrogens with zero attached hydrogens (tertiary/aromatic N) is 1. The fourth-order valence-electron chi connectivity index (χ4n) is 0.848. The van der Waals surface area contributed by atoms with E-state index < -0.39 is 6.04 Å². The first-order valence-electron chi connectivity index (χ1n) is 4.19. The van der Waals surface area contributed by atoms with E-state index >= 15 is 0 Å². The van der Waals surface area contributed by atoms with Crippen molar-refractivity contribution >= 4 is 27.7 Å². The van der Waals surface area contributed by atoms with Crippen LogP contribution in [0.5, 0.6) is 0 Å². The molecule has 0 fully saturated rings. The van der Waals surface area contributed by atoms with Crippen molar-refractivity contribution in [3.63, 3.8) is 0 Å². The molecule has 3 N–H and O–H groups in total. The molecule has 76 valence electrons. The van der Waals surface area contributed by atoms with Crippen LogP contribution in [0.15, 0.2) is 16.7 Å². The zero-order chi connectivity index (χ0) is 10.7. The second-order valence-corrected chi connectivity index (χ2v) is 3.95. The average Bonchev–Trinajstić information content (AvgIpc) is 2.11. The van der Waals surface area contributed by atoms with Crippen LogP contribution in [0.3, 0.4) is 0 Å². The number of halogens is 1. The van der Waals surface area contributed by atoms with Crippen molar-refractivity contribution in [2.45, 2.75) is 19.9 Å². The molecule has 1 amide bonds. The number of aryl methyl sites for hydroxylation is 1. The minimum atomic E-state index is -0.527. The van der Waals surface area contributed by atoms with Crippen molar-refractivity contribution in [3.8, 4) is 0 Å². The summed E-state index contributed by atoms with van der Waals surface area (Å²) < 4.78 is 0.913. The molecule has 1 aromatic heterocycles. The summed E-state index contributed by atoms with van der Waals surface area (Å²) >= 11 is 3.32. The smallest absolute Gasteiger partial charge is 0.242 e. The lowest BCUT2D eigenvalue weighted by Crippen LogP contribution is -2.32. The van der Waals surface area contributed by atoms with E-state index in [4.69, 9.17) is 5.73 Å². The van der Waals surface area contributed by atoms with E-state index in [0.717, 1.165) is 10.0 Å². The van der Waals surface area contributed by atoms with E-state index in [1.165, 1.54) is 0 Å². The van der Waals surface area contributed by atoms with Gasteiger partial charge >= 0.3 is 0 Å². The van der Waals surface area contributed by atoms with Gasteiger partial charge in [-0.15, -0.1) is 0 Å². The molecule has 0 aliphatic heterocycles. The molecule has 0 radical (unpaired) electrons. The zero-order valence-corrected chi connectivity index (χ0v) is 9.63. The van der Waals surface area contributed by atoms with Gasteiger partial charge in [-0.1, -0.05) is 0 Å². The van der Waals surface area contributed by atoms with Crippen LogP contribution in [-0.4, -0.2) is 16.9 Å². The highest BCUT2D eigenvalue weighted by atomic mass is 79.9. The molecule has 0 aromatic carbocycles. The summed E-state index contributed by atoms with van der Waals surface area (Å²) in [5.74, 6) is 0.284. The van der Waals surface area contributed by atoms with E-state index in [9.17, 15) is 4.79 Å². The number of pyridine rings is 1. The molecule has 0 saturated carbocycles. The van der Waals surface area contributed by atoms with Crippen molar-refractivity contribution in [1.29, 1.82) is 0 Å². The van der Waals surface area contributed by atoms with Crippen LogP contribution in [0.1, 0.15) is 12.5 Å². The number of anilines is 1. The molecule has 14 heavy (non-hydrogen) atoms. The Balaban J connectivity index is 2.78. The van der Waals surface area contributed by atoms with Gasteiger partial charge in [-0.3, -0.25) is 4.79 Å². The molecule has 0 aliphatic rings. The van der Waals surface area contributed by atoms with Gasteiger partial charge in [0.05, 0.1) is 6.04 Å². The van der Waals surface area contributed by atoms with Gasteiger partial charge in [0.2, 0.25) is 5.91 Å². The molecule has 4 nitrogen and oxygen atoms in total. The Morgan fingerprint density at radius 2 is 2.36 bits per heavy atom. The highest BCUT2D eigenvalue weighted by molar-refractivity contribution is 9.10. The minimum absolute atomic E-state index is 0.237. The largest absolute Gasteiger partial charge is 0.320 e. The van der Waals surface area contributed by atoms with Crippen molar-refractivity contribution in [2.75, 3.05) is 5.32 Å². The standard InChI is InChI=1S/C9H12BrN3O/c1-5-3-8(12-4-7(5)10)13-9(14)6(2)11/h3-4,6H,11H2,1-2H3,(H,12,13,14)/t6-/m0/s1. The molecule has 0 spiro atoms. The summed E-state index contributed by atoms with van der Waals surface area (Å²) in [4.78, 5) is 15.2. The number of rotatable bonds is 2. The number of hydrogen-bond donors (Lipinski definition) is 2. The third kappa shape index (κ3) is 2.78. The van der Waals surface area contributed by atoms with Crippen LogP contribution in [0.2, 0.25) is 0 Å². The average molecular weight is 258 g/mol. The molecule has 5 heteroatoms. The fourth-order valence-corrected chi connectivity index (χ4v) is 1.06. The normalized spacial score (nSPS) is 12.3. The molecule has 0 saturated heterocycles. The molecular formula is C9H12BrN3O. The van der Waals surface area contributed by atoms with Crippen molar-refractivity contribution in [3.05, 3.63) is 22.3 Å². The predicted octanol–water partition coefficient (Wildman–Crippen LogP) is 1.44. The highest BCUT2D eigenvalue weighted by Gasteiger charge is 2.08. The molecular weight excluding hydrogens is 246 g/mol. The van der Waals surface area contributed by atoms with Gasteiger partial charge in [-0.05, 0) is 41.4 Å². The molecule has 1 heterocycles. The summed E-state index contributed by atoms with van der Waals surface area (Å²) in [6.45, 7) is 3.55. The first-order valence-corrected chi connectivity index (χ1v) is 4.98. The molecule has 0 bridgehead atoms. The number of nitrogens with one attached hydrogen (secondary N) is 1. The van der Waals surface area contributed by atoms with Crippen molar-refractivity contribution in [1.82, 2.24) is 4.98 Å². The SMILES string of the molecule is Cc1cc(NC(=O)[C@H](C)N)ncc1Br. The summed E-state index contributed by atoms with van der Waals surface area (Å²) in [6.07, 6.45) is 1.64. The van der Waals surface area contributed by atoms with Crippen molar-refractivity contribution < 1.29 is 4.79 Å². The van der Waals surface area contributed by atoms with Crippen LogP contribution in [0.25, 0.3) is 0 Å². The summed E-state index contributed by atoms with van der Waals surface area (Å²) in [5.41, 5.74) is 6.42. The van der Waals surface area contributed by atoms with Gasteiger partial charge in [0, 0.05) is 10.7 Å². The lowest BCUT2D eigenvalue weighted by molar-refractivity contribution is -0.117. The Bertz CT molecular complexity index is 352. The van der Waals surface area contributed by atoms with Gasteiger partial charge in [-0.2, -0.15) is 0 Å². The second-order valence-electron chi connectivity index (χ2n) is 3.10. The lowest BCUT2D eigenvalue weighted by atomic mass is 10.3. The maximum absolute atomic E-state index is 11.2. The lowest BCUT2D eigenvalue weighted by Gasteiger charge is -2.07. The van der Waals surface area contributed by atoms with Crippen LogP contribution in [-0.2, 0) is 4.79 Å². The molecule has 1 rings (SSSR count). The third-order valence-corrected chi connectivity index (χ3v) is 2.54. The quantitative estimate of drug-likeness (QED) is 0.843. The second kappa shape index (κ2) is 4.52. The Hall–Kier alpha value is -0.940. The van der Waals surface area contributed by atoms with Gasteiger partial charge < -0.3 is 11.1 Å². The molecule has 0 unspecified atom stereocenters. The number of aromatic nitrogens is 1. The number of carbonyl (C=O) groups is 1.